The first-order valence-corrected chi connectivity index (χ1v) is 9.55. The van der Waals surface area contributed by atoms with E-state index in [2.05, 4.69) is 0 Å². The molecule has 0 unspecified atom stereocenters. The van der Waals surface area contributed by atoms with Gasteiger partial charge in [-0.15, -0.1) is 12.4 Å². The van der Waals surface area contributed by atoms with Gasteiger partial charge in [-0.2, -0.15) is 0 Å². The standard InChI is InChI=1S/C19H26ClN3O3.ClH/c20-16-4-1-3-15(13-16)17(24)22-7-2-8-23(10-9-22)18(25)19(14-21)5-11-26-12-6-19;/h1,3-4,13H,2,5-12,14,21H2;1H. The second kappa shape index (κ2) is 9.73. The van der Waals surface area contributed by atoms with Crippen molar-refractivity contribution in [3.8, 4) is 0 Å². The number of halogens is 2. The highest BCUT2D eigenvalue weighted by Gasteiger charge is 2.41. The van der Waals surface area contributed by atoms with Crippen LogP contribution in [-0.4, -0.2) is 67.6 Å². The van der Waals surface area contributed by atoms with E-state index in [0.717, 1.165) is 6.42 Å². The first kappa shape index (κ1) is 22.0. The molecule has 3 rings (SSSR count). The van der Waals surface area contributed by atoms with Crippen LogP contribution in [0.1, 0.15) is 29.6 Å². The molecule has 0 aromatic heterocycles. The molecular weight excluding hydrogens is 389 g/mol. The molecule has 0 saturated carbocycles. The van der Waals surface area contributed by atoms with Crippen LogP contribution in [0.3, 0.4) is 0 Å². The molecule has 2 amide bonds. The molecule has 2 saturated heterocycles. The van der Waals surface area contributed by atoms with E-state index in [0.29, 0.717) is 69.4 Å². The number of nitrogens with two attached hydrogens (primary N) is 1. The fraction of sp³-hybridized carbons (Fsp3) is 0.579. The first-order chi connectivity index (χ1) is 12.6. The Balaban J connectivity index is 0.00000261. The molecule has 1 aromatic carbocycles. The van der Waals surface area contributed by atoms with Crippen LogP contribution in [0, 0.1) is 5.41 Å². The number of hydrogen-bond donors (Lipinski definition) is 1. The van der Waals surface area contributed by atoms with Crippen molar-refractivity contribution in [3.05, 3.63) is 34.9 Å². The molecule has 8 heteroatoms. The van der Waals surface area contributed by atoms with Crippen molar-refractivity contribution in [1.29, 1.82) is 0 Å². The molecule has 2 heterocycles. The fourth-order valence-corrected chi connectivity index (χ4v) is 3.92. The minimum atomic E-state index is -0.510. The normalized spacial score (nSPS) is 19.8. The molecule has 0 spiro atoms. The average molecular weight is 416 g/mol. The minimum Gasteiger partial charge on any atom is -0.381 e. The third-order valence-electron chi connectivity index (χ3n) is 5.44. The topological polar surface area (TPSA) is 75.9 Å². The molecule has 2 aliphatic rings. The third-order valence-corrected chi connectivity index (χ3v) is 5.67. The Labute approximate surface area is 171 Å². The number of ether oxygens (including phenoxy) is 1. The van der Waals surface area contributed by atoms with Crippen LogP contribution in [0.4, 0.5) is 0 Å². The summed E-state index contributed by atoms with van der Waals surface area (Å²) in [7, 11) is 0. The van der Waals surface area contributed by atoms with Crippen molar-refractivity contribution in [1.82, 2.24) is 9.80 Å². The van der Waals surface area contributed by atoms with Crippen molar-refractivity contribution in [3.63, 3.8) is 0 Å². The smallest absolute Gasteiger partial charge is 0.253 e. The van der Waals surface area contributed by atoms with E-state index in [1.165, 1.54) is 0 Å². The van der Waals surface area contributed by atoms with Gasteiger partial charge in [0, 0.05) is 56.5 Å². The summed E-state index contributed by atoms with van der Waals surface area (Å²) in [5.41, 5.74) is 6.04. The Morgan fingerprint density at radius 3 is 2.44 bits per heavy atom. The van der Waals surface area contributed by atoms with Crippen LogP contribution in [0.5, 0.6) is 0 Å². The molecule has 0 aliphatic carbocycles. The van der Waals surface area contributed by atoms with E-state index in [9.17, 15) is 9.59 Å². The number of rotatable bonds is 3. The summed E-state index contributed by atoms with van der Waals surface area (Å²) in [5.74, 6) is 0.0711. The van der Waals surface area contributed by atoms with Gasteiger partial charge in [0.05, 0.1) is 5.41 Å². The van der Waals surface area contributed by atoms with Crippen LogP contribution >= 0.6 is 24.0 Å². The van der Waals surface area contributed by atoms with E-state index in [1.807, 2.05) is 4.90 Å². The fourth-order valence-electron chi connectivity index (χ4n) is 3.73. The van der Waals surface area contributed by atoms with Gasteiger partial charge < -0.3 is 20.3 Å². The van der Waals surface area contributed by atoms with Gasteiger partial charge in [0.25, 0.3) is 5.91 Å². The SMILES string of the molecule is Cl.NCC1(C(=O)N2CCCN(C(=O)c3cccc(Cl)c3)CC2)CCOCC1. The second-order valence-electron chi connectivity index (χ2n) is 7.05. The van der Waals surface area contributed by atoms with Crippen molar-refractivity contribution < 1.29 is 14.3 Å². The lowest BCUT2D eigenvalue weighted by Crippen LogP contribution is -2.51. The summed E-state index contributed by atoms with van der Waals surface area (Å²) < 4.78 is 5.41. The average Bonchev–Trinajstić information content (AvgIpc) is 2.93. The van der Waals surface area contributed by atoms with Crippen LogP contribution in [-0.2, 0) is 9.53 Å². The molecular formula is C19H27Cl2N3O3. The van der Waals surface area contributed by atoms with Crippen LogP contribution in [0.2, 0.25) is 5.02 Å². The van der Waals surface area contributed by atoms with Gasteiger partial charge >= 0.3 is 0 Å². The lowest BCUT2D eigenvalue weighted by atomic mass is 9.79. The quantitative estimate of drug-likeness (QED) is 0.820. The van der Waals surface area contributed by atoms with Crippen molar-refractivity contribution in [2.75, 3.05) is 45.9 Å². The number of carbonyl (C=O) groups is 2. The Bertz CT molecular complexity index is 665. The highest BCUT2D eigenvalue weighted by molar-refractivity contribution is 6.30. The van der Waals surface area contributed by atoms with Crippen LogP contribution in [0.25, 0.3) is 0 Å². The van der Waals surface area contributed by atoms with E-state index in [1.54, 1.807) is 29.2 Å². The summed E-state index contributed by atoms with van der Waals surface area (Å²) in [4.78, 5) is 29.5. The Hall–Kier alpha value is -1.34. The maximum Gasteiger partial charge on any atom is 0.253 e. The van der Waals surface area contributed by atoms with Gasteiger partial charge in [0.1, 0.15) is 0 Å². The number of nitrogens with zero attached hydrogens (tertiary/aromatic N) is 2. The van der Waals surface area contributed by atoms with Gasteiger partial charge in [-0.1, -0.05) is 17.7 Å². The summed E-state index contributed by atoms with van der Waals surface area (Å²) in [5, 5.41) is 0.548. The van der Waals surface area contributed by atoms with Gasteiger partial charge in [-0.25, -0.2) is 0 Å². The zero-order valence-corrected chi connectivity index (χ0v) is 16.9. The molecule has 27 heavy (non-hydrogen) atoms. The predicted molar refractivity (Wildman–Crippen MR) is 107 cm³/mol. The maximum atomic E-state index is 13.1. The molecule has 0 bridgehead atoms. The molecule has 2 aliphatic heterocycles. The van der Waals surface area contributed by atoms with Gasteiger partial charge in [-0.3, -0.25) is 9.59 Å². The third kappa shape index (κ3) is 4.93. The van der Waals surface area contributed by atoms with Gasteiger partial charge in [0.15, 0.2) is 0 Å². The molecule has 2 fully saturated rings. The Kier molecular flexibility index (Phi) is 7.91. The number of amides is 2. The van der Waals surface area contributed by atoms with Crippen molar-refractivity contribution in [2.24, 2.45) is 11.1 Å². The largest absolute Gasteiger partial charge is 0.381 e. The number of hydrogen-bond acceptors (Lipinski definition) is 4. The first-order valence-electron chi connectivity index (χ1n) is 9.18. The molecule has 0 atom stereocenters. The van der Waals surface area contributed by atoms with Crippen molar-refractivity contribution >= 4 is 35.8 Å². The lowest BCUT2D eigenvalue weighted by molar-refractivity contribution is -0.147. The molecule has 0 radical (unpaired) electrons. The number of carbonyl (C=O) groups excluding carboxylic acids is 2. The highest BCUT2D eigenvalue weighted by atomic mass is 35.5. The van der Waals surface area contributed by atoms with E-state index >= 15 is 0 Å². The van der Waals surface area contributed by atoms with E-state index in [4.69, 9.17) is 22.1 Å². The second-order valence-corrected chi connectivity index (χ2v) is 7.48. The Morgan fingerprint density at radius 2 is 1.78 bits per heavy atom. The van der Waals surface area contributed by atoms with Gasteiger partial charge in [0.2, 0.25) is 5.91 Å². The zero-order valence-electron chi connectivity index (χ0n) is 15.4. The molecule has 2 N–H and O–H groups in total. The van der Waals surface area contributed by atoms with Crippen LogP contribution < -0.4 is 5.73 Å². The lowest BCUT2D eigenvalue weighted by Gasteiger charge is -2.38. The molecule has 150 valence electrons. The van der Waals surface area contributed by atoms with E-state index < -0.39 is 5.41 Å². The van der Waals surface area contributed by atoms with Crippen LogP contribution in [0.15, 0.2) is 24.3 Å². The molecule has 1 aromatic rings. The summed E-state index contributed by atoms with van der Waals surface area (Å²) in [6, 6.07) is 6.98. The zero-order chi connectivity index (χ0) is 18.6. The monoisotopic (exact) mass is 415 g/mol. The van der Waals surface area contributed by atoms with Gasteiger partial charge in [-0.05, 0) is 37.5 Å². The summed E-state index contributed by atoms with van der Waals surface area (Å²) in [6.45, 7) is 3.85. The highest BCUT2D eigenvalue weighted by Crippen LogP contribution is 2.32. The summed E-state index contributed by atoms with van der Waals surface area (Å²) >= 11 is 6.00. The number of benzene rings is 1. The maximum absolute atomic E-state index is 13.1. The predicted octanol–water partition coefficient (Wildman–Crippen LogP) is 2.19. The minimum absolute atomic E-state index is 0. The Morgan fingerprint density at radius 1 is 1.11 bits per heavy atom. The summed E-state index contributed by atoms with van der Waals surface area (Å²) in [6.07, 6.45) is 2.10. The van der Waals surface area contributed by atoms with E-state index in [-0.39, 0.29) is 24.2 Å². The molecule has 6 nitrogen and oxygen atoms in total. The van der Waals surface area contributed by atoms with Crippen molar-refractivity contribution in [2.45, 2.75) is 19.3 Å².